The largest absolute Gasteiger partial charge is 0.491 e. The van der Waals surface area contributed by atoms with Gasteiger partial charge in [0.25, 0.3) is 0 Å². The van der Waals surface area contributed by atoms with Crippen LogP contribution in [0.2, 0.25) is 0 Å². The van der Waals surface area contributed by atoms with Gasteiger partial charge in [-0.05, 0) is 34.1 Å². The van der Waals surface area contributed by atoms with Crippen molar-refractivity contribution in [2.45, 2.75) is 0 Å². The van der Waals surface area contributed by atoms with E-state index in [0.717, 1.165) is 0 Å². The molecule has 0 radical (unpaired) electrons. The van der Waals surface area contributed by atoms with E-state index in [0.29, 0.717) is 10.2 Å². The summed E-state index contributed by atoms with van der Waals surface area (Å²) in [5.41, 5.74) is 0.139. The number of aliphatic hydroxyl groups excluding tert-OH is 1. The van der Waals surface area contributed by atoms with E-state index in [1.54, 1.807) is 12.1 Å². The van der Waals surface area contributed by atoms with Crippen molar-refractivity contribution in [2.75, 3.05) is 13.2 Å². The van der Waals surface area contributed by atoms with Crippen LogP contribution in [0.5, 0.6) is 5.75 Å². The molecule has 5 heteroatoms. The Morgan fingerprint density at radius 3 is 2.79 bits per heavy atom. The summed E-state index contributed by atoms with van der Waals surface area (Å²) in [6.45, 7) is 0.0547. The van der Waals surface area contributed by atoms with E-state index in [1.807, 2.05) is 0 Å². The first kappa shape index (κ1) is 11.0. The van der Waals surface area contributed by atoms with Gasteiger partial charge in [-0.3, -0.25) is 0 Å². The predicted octanol–water partition coefficient (Wildman–Crippen LogP) is 1.52. The number of ether oxygens (including phenoxy) is 1. The third kappa shape index (κ3) is 2.71. The summed E-state index contributed by atoms with van der Waals surface area (Å²) in [6, 6.07) is 4.63. The van der Waals surface area contributed by atoms with E-state index in [2.05, 4.69) is 15.9 Å². The fraction of sp³-hybridized carbons (Fsp3) is 0.222. The van der Waals surface area contributed by atoms with E-state index in [-0.39, 0.29) is 18.8 Å². The zero-order valence-corrected chi connectivity index (χ0v) is 8.82. The summed E-state index contributed by atoms with van der Waals surface area (Å²) < 4.78 is 5.57. The number of halogens is 1. The van der Waals surface area contributed by atoms with Crippen LogP contribution in [-0.4, -0.2) is 29.4 Å². The second-order valence-electron chi connectivity index (χ2n) is 2.52. The van der Waals surface area contributed by atoms with Crippen molar-refractivity contribution in [2.24, 2.45) is 0 Å². The van der Waals surface area contributed by atoms with Gasteiger partial charge in [-0.15, -0.1) is 0 Å². The number of hydrogen-bond acceptors (Lipinski definition) is 3. The lowest BCUT2D eigenvalue weighted by Crippen LogP contribution is -2.03. The van der Waals surface area contributed by atoms with Gasteiger partial charge in [-0.2, -0.15) is 0 Å². The molecule has 14 heavy (non-hydrogen) atoms. The first-order chi connectivity index (χ1) is 6.65. The Morgan fingerprint density at radius 1 is 1.50 bits per heavy atom. The molecule has 0 saturated carbocycles. The number of hydrogen-bond donors (Lipinski definition) is 2. The van der Waals surface area contributed by atoms with Crippen molar-refractivity contribution in [1.82, 2.24) is 0 Å². The molecule has 0 unspecified atom stereocenters. The maximum absolute atomic E-state index is 10.7. The molecule has 0 amide bonds. The van der Waals surface area contributed by atoms with Crippen LogP contribution in [0.4, 0.5) is 0 Å². The van der Waals surface area contributed by atoms with Crippen molar-refractivity contribution in [3.8, 4) is 5.75 Å². The van der Waals surface area contributed by atoms with Crippen molar-refractivity contribution in [1.29, 1.82) is 0 Å². The molecular weight excluding hydrogens is 252 g/mol. The average Bonchev–Trinajstić information content (AvgIpc) is 2.16. The molecule has 0 atom stereocenters. The normalized spacial score (nSPS) is 9.86. The third-order valence-corrected chi connectivity index (χ3v) is 2.22. The van der Waals surface area contributed by atoms with E-state index in [1.165, 1.54) is 6.07 Å². The summed E-state index contributed by atoms with van der Waals surface area (Å²) >= 11 is 3.11. The highest BCUT2D eigenvalue weighted by Crippen LogP contribution is 2.22. The number of carboxylic acid groups (broad SMARTS) is 1. The Hall–Kier alpha value is -1.07. The molecule has 1 aromatic carbocycles. The average molecular weight is 261 g/mol. The highest BCUT2D eigenvalue weighted by molar-refractivity contribution is 9.10. The summed E-state index contributed by atoms with van der Waals surface area (Å²) in [4.78, 5) is 10.7. The fourth-order valence-electron chi connectivity index (χ4n) is 0.922. The summed E-state index contributed by atoms with van der Waals surface area (Å²) in [6.07, 6.45) is 0. The maximum Gasteiger partial charge on any atom is 0.336 e. The predicted molar refractivity (Wildman–Crippen MR) is 53.7 cm³/mol. The van der Waals surface area contributed by atoms with Gasteiger partial charge in [-0.25, -0.2) is 4.79 Å². The molecule has 0 aliphatic rings. The quantitative estimate of drug-likeness (QED) is 0.862. The molecule has 0 aliphatic heterocycles. The molecular formula is C9H9BrO4. The molecule has 4 nitrogen and oxygen atoms in total. The van der Waals surface area contributed by atoms with Gasteiger partial charge >= 0.3 is 5.97 Å². The van der Waals surface area contributed by atoms with Crippen molar-refractivity contribution >= 4 is 21.9 Å². The molecule has 0 heterocycles. The van der Waals surface area contributed by atoms with E-state index < -0.39 is 5.97 Å². The first-order valence-corrected chi connectivity index (χ1v) is 4.71. The SMILES string of the molecule is O=C(O)c1cc(OCCO)ccc1Br. The molecule has 1 aromatic rings. The van der Waals surface area contributed by atoms with Crippen LogP contribution in [0, 0.1) is 0 Å². The topological polar surface area (TPSA) is 66.8 Å². The molecule has 0 fully saturated rings. The Kier molecular flexibility index (Phi) is 3.91. The molecule has 0 aliphatic carbocycles. The van der Waals surface area contributed by atoms with Crippen LogP contribution in [0.25, 0.3) is 0 Å². The Morgan fingerprint density at radius 2 is 2.21 bits per heavy atom. The van der Waals surface area contributed by atoms with Crippen molar-refractivity contribution < 1.29 is 19.7 Å². The number of carboxylic acids is 1. The molecule has 0 aromatic heterocycles. The maximum atomic E-state index is 10.7. The smallest absolute Gasteiger partial charge is 0.336 e. The van der Waals surface area contributed by atoms with Gasteiger partial charge < -0.3 is 14.9 Å². The number of benzene rings is 1. The van der Waals surface area contributed by atoms with Gasteiger partial charge in [0.15, 0.2) is 0 Å². The van der Waals surface area contributed by atoms with Crippen LogP contribution >= 0.6 is 15.9 Å². The highest BCUT2D eigenvalue weighted by atomic mass is 79.9. The van der Waals surface area contributed by atoms with E-state index in [4.69, 9.17) is 14.9 Å². The number of aliphatic hydroxyl groups is 1. The number of carbonyl (C=O) groups is 1. The van der Waals surface area contributed by atoms with Gasteiger partial charge in [0.2, 0.25) is 0 Å². The Balaban J connectivity index is 2.89. The van der Waals surface area contributed by atoms with Crippen molar-refractivity contribution in [3.63, 3.8) is 0 Å². The standard InChI is InChI=1S/C9H9BrO4/c10-8-2-1-6(14-4-3-11)5-7(8)9(12)13/h1-2,5,11H,3-4H2,(H,12,13). The van der Waals surface area contributed by atoms with E-state index in [9.17, 15) is 4.79 Å². The molecule has 0 saturated heterocycles. The second-order valence-corrected chi connectivity index (χ2v) is 3.37. The lowest BCUT2D eigenvalue weighted by atomic mass is 10.2. The highest BCUT2D eigenvalue weighted by Gasteiger charge is 2.09. The van der Waals surface area contributed by atoms with Gasteiger partial charge in [0.05, 0.1) is 12.2 Å². The summed E-state index contributed by atoms with van der Waals surface area (Å²) in [5.74, 6) is -0.592. The van der Waals surface area contributed by atoms with Crippen LogP contribution in [0.3, 0.4) is 0 Å². The monoisotopic (exact) mass is 260 g/mol. The zero-order chi connectivity index (χ0) is 10.6. The zero-order valence-electron chi connectivity index (χ0n) is 7.24. The van der Waals surface area contributed by atoms with Crippen molar-refractivity contribution in [3.05, 3.63) is 28.2 Å². The van der Waals surface area contributed by atoms with Gasteiger partial charge in [0, 0.05) is 4.47 Å². The van der Waals surface area contributed by atoms with Crippen LogP contribution in [-0.2, 0) is 0 Å². The molecule has 0 bridgehead atoms. The Bertz CT molecular complexity index is 338. The Labute approximate surface area is 89.3 Å². The second kappa shape index (κ2) is 4.97. The minimum atomic E-state index is -1.02. The molecule has 0 spiro atoms. The van der Waals surface area contributed by atoms with Crippen LogP contribution < -0.4 is 4.74 Å². The minimum Gasteiger partial charge on any atom is -0.491 e. The van der Waals surface area contributed by atoms with Gasteiger partial charge in [0.1, 0.15) is 12.4 Å². The first-order valence-electron chi connectivity index (χ1n) is 3.91. The molecule has 1 rings (SSSR count). The lowest BCUT2D eigenvalue weighted by molar-refractivity contribution is 0.0695. The minimum absolute atomic E-state index is 0.0987. The molecule has 2 N–H and O–H groups in total. The number of aromatic carboxylic acids is 1. The summed E-state index contributed by atoms with van der Waals surface area (Å²) in [5, 5.41) is 17.3. The van der Waals surface area contributed by atoms with E-state index >= 15 is 0 Å². The molecule has 76 valence electrons. The third-order valence-electron chi connectivity index (χ3n) is 1.53. The fourth-order valence-corrected chi connectivity index (χ4v) is 1.34. The van der Waals surface area contributed by atoms with Gasteiger partial charge in [-0.1, -0.05) is 0 Å². The lowest BCUT2D eigenvalue weighted by Gasteiger charge is -2.05. The van der Waals surface area contributed by atoms with Crippen LogP contribution in [0.1, 0.15) is 10.4 Å². The van der Waals surface area contributed by atoms with Crippen LogP contribution in [0.15, 0.2) is 22.7 Å². The number of rotatable bonds is 4. The summed E-state index contributed by atoms with van der Waals surface area (Å²) in [7, 11) is 0.